The molecule has 1 unspecified atom stereocenters. The van der Waals surface area contributed by atoms with Crippen LogP contribution in [-0.2, 0) is 11.3 Å². The molecular weight excluding hydrogens is 261 g/mol. The van der Waals surface area contributed by atoms with E-state index in [1.165, 1.54) is 6.07 Å². The molecule has 4 nitrogen and oxygen atoms in total. The van der Waals surface area contributed by atoms with Crippen molar-refractivity contribution in [3.63, 3.8) is 0 Å². The van der Waals surface area contributed by atoms with E-state index in [1.807, 2.05) is 6.92 Å². The molecule has 110 valence electrons. The number of carbonyl (C=O) groups is 1. The van der Waals surface area contributed by atoms with Gasteiger partial charge in [0, 0.05) is 18.2 Å². The molecular formula is C15H20FNO3. The average molecular weight is 281 g/mol. The molecule has 0 bridgehead atoms. The highest BCUT2D eigenvalue weighted by atomic mass is 19.1. The van der Waals surface area contributed by atoms with Crippen LogP contribution in [0.1, 0.15) is 38.2 Å². The van der Waals surface area contributed by atoms with Crippen LogP contribution in [0.4, 0.5) is 4.39 Å². The molecule has 1 aromatic rings. The first-order valence-corrected chi connectivity index (χ1v) is 7.02. The highest BCUT2D eigenvalue weighted by Gasteiger charge is 2.24. The van der Waals surface area contributed by atoms with E-state index < -0.39 is 17.9 Å². The van der Waals surface area contributed by atoms with Crippen LogP contribution in [0, 0.1) is 5.82 Å². The molecule has 0 aliphatic heterocycles. The zero-order valence-corrected chi connectivity index (χ0v) is 11.6. The molecule has 1 saturated carbocycles. The summed E-state index contributed by atoms with van der Waals surface area (Å²) in [6.07, 6.45) is 2.30. The van der Waals surface area contributed by atoms with Crippen molar-refractivity contribution in [1.82, 2.24) is 5.32 Å². The van der Waals surface area contributed by atoms with Gasteiger partial charge >= 0.3 is 5.97 Å². The van der Waals surface area contributed by atoms with Crippen LogP contribution in [0.2, 0.25) is 0 Å². The Balaban J connectivity index is 2.12. The van der Waals surface area contributed by atoms with E-state index in [1.54, 1.807) is 12.1 Å². The number of para-hydroxylation sites is 1. The summed E-state index contributed by atoms with van der Waals surface area (Å²) in [6, 6.07) is 5.17. The SMILES string of the molecule is CCCC(Oc1c(F)cccc1CNC1CC1)C(=O)O. The summed E-state index contributed by atoms with van der Waals surface area (Å²) in [7, 11) is 0. The minimum Gasteiger partial charge on any atom is -0.479 e. The van der Waals surface area contributed by atoms with Gasteiger partial charge < -0.3 is 15.2 Å². The predicted octanol–water partition coefficient (Wildman–Crippen LogP) is 2.71. The predicted molar refractivity (Wildman–Crippen MR) is 73.2 cm³/mol. The smallest absolute Gasteiger partial charge is 0.344 e. The molecule has 0 radical (unpaired) electrons. The Morgan fingerprint density at radius 3 is 2.90 bits per heavy atom. The maximum atomic E-state index is 13.9. The molecule has 1 atom stereocenters. The molecule has 0 amide bonds. The minimum absolute atomic E-state index is 0.0569. The second kappa shape index (κ2) is 6.70. The number of carboxylic acids is 1. The Morgan fingerprint density at radius 2 is 2.30 bits per heavy atom. The van der Waals surface area contributed by atoms with Gasteiger partial charge in [-0.15, -0.1) is 0 Å². The van der Waals surface area contributed by atoms with E-state index in [9.17, 15) is 9.18 Å². The second-order valence-electron chi connectivity index (χ2n) is 5.12. The number of benzene rings is 1. The molecule has 1 aliphatic carbocycles. The number of rotatable bonds is 8. The van der Waals surface area contributed by atoms with Gasteiger partial charge in [-0.2, -0.15) is 0 Å². The lowest BCUT2D eigenvalue weighted by molar-refractivity contribution is -0.145. The van der Waals surface area contributed by atoms with Crippen LogP contribution >= 0.6 is 0 Å². The van der Waals surface area contributed by atoms with Gasteiger partial charge in [0.05, 0.1) is 0 Å². The molecule has 0 saturated heterocycles. The number of aliphatic carboxylic acids is 1. The monoisotopic (exact) mass is 281 g/mol. The van der Waals surface area contributed by atoms with Gasteiger partial charge in [0.25, 0.3) is 0 Å². The molecule has 1 aromatic carbocycles. The number of hydrogen-bond acceptors (Lipinski definition) is 3. The number of hydrogen-bond donors (Lipinski definition) is 2. The lowest BCUT2D eigenvalue weighted by atomic mass is 10.1. The highest BCUT2D eigenvalue weighted by Crippen LogP contribution is 2.26. The van der Waals surface area contributed by atoms with Crippen molar-refractivity contribution in [3.05, 3.63) is 29.6 Å². The lowest BCUT2D eigenvalue weighted by Gasteiger charge is -2.18. The van der Waals surface area contributed by atoms with E-state index >= 15 is 0 Å². The van der Waals surface area contributed by atoms with Crippen molar-refractivity contribution in [2.45, 2.75) is 51.3 Å². The number of carboxylic acid groups (broad SMARTS) is 1. The van der Waals surface area contributed by atoms with Gasteiger partial charge in [-0.1, -0.05) is 25.5 Å². The molecule has 0 heterocycles. The first kappa shape index (κ1) is 14.8. The normalized spacial score (nSPS) is 15.9. The zero-order chi connectivity index (χ0) is 14.5. The topological polar surface area (TPSA) is 58.6 Å². The van der Waals surface area contributed by atoms with Crippen molar-refractivity contribution >= 4 is 5.97 Å². The minimum atomic E-state index is -1.06. The first-order chi connectivity index (χ1) is 9.61. The largest absolute Gasteiger partial charge is 0.479 e. The Hall–Kier alpha value is -1.62. The first-order valence-electron chi connectivity index (χ1n) is 7.02. The fraction of sp³-hybridized carbons (Fsp3) is 0.533. The molecule has 20 heavy (non-hydrogen) atoms. The summed E-state index contributed by atoms with van der Waals surface area (Å²) in [6.45, 7) is 2.37. The van der Waals surface area contributed by atoms with Crippen molar-refractivity contribution in [2.24, 2.45) is 0 Å². The fourth-order valence-electron chi connectivity index (χ4n) is 2.00. The number of ether oxygens (including phenoxy) is 1. The summed E-state index contributed by atoms with van der Waals surface area (Å²) >= 11 is 0. The Bertz CT molecular complexity index is 474. The van der Waals surface area contributed by atoms with Crippen LogP contribution in [0.3, 0.4) is 0 Å². The fourth-order valence-corrected chi connectivity index (χ4v) is 2.00. The quantitative estimate of drug-likeness (QED) is 0.769. The van der Waals surface area contributed by atoms with Crippen LogP contribution in [0.25, 0.3) is 0 Å². The highest BCUT2D eigenvalue weighted by molar-refractivity contribution is 5.72. The Kier molecular flexibility index (Phi) is 4.95. The van der Waals surface area contributed by atoms with Crippen LogP contribution in [0.15, 0.2) is 18.2 Å². The Labute approximate surface area is 117 Å². The average Bonchev–Trinajstić information content (AvgIpc) is 3.22. The van der Waals surface area contributed by atoms with Gasteiger partial charge in [-0.25, -0.2) is 9.18 Å². The van der Waals surface area contributed by atoms with Crippen molar-refractivity contribution in [2.75, 3.05) is 0 Å². The summed E-state index contributed by atoms with van der Waals surface area (Å²) in [5.74, 6) is -1.51. The van der Waals surface area contributed by atoms with Gasteiger partial charge in [0.2, 0.25) is 0 Å². The van der Waals surface area contributed by atoms with Gasteiger partial charge in [0.1, 0.15) is 0 Å². The molecule has 0 aromatic heterocycles. The summed E-state index contributed by atoms with van der Waals surface area (Å²) in [5, 5.41) is 12.4. The molecule has 5 heteroatoms. The summed E-state index contributed by atoms with van der Waals surface area (Å²) in [4.78, 5) is 11.1. The molecule has 0 spiro atoms. The molecule has 1 fully saturated rings. The molecule has 2 rings (SSSR count). The number of nitrogens with one attached hydrogen (secondary N) is 1. The van der Waals surface area contributed by atoms with Crippen molar-refractivity contribution in [1.29, 1.82) is 0 Å². The van der Waals surface area contributed by atoms with Crippen LogP contribution in [0.5, 0.6) is 5.75 Å². The second-order valence-corrected chi connectivity index (χ2v) is 5.12. The van der Waals surface area contributed by atoms with E-state index in [0.717, 1.165) is 12.8 Å². The van der Waals surface area contributed by atoms with Gasteiger partial charge in [0.15, 0.2) is 17.7 Å². The standard InChI is InChI=1S/C15H20FNO3/c1-2-4-13(15(18)19)20-14-10(5-3-6-12(14)16)9-17-11-7-8-11/h3,5-6,11,13,17H,2,4,7-9H2,1H3,(H,18,19). The Morgan fingerprint density at radius 1 is 1.55 bits per heavy atom. The van der Waals surface area contributed by atoms with Gasteiger partial charge in [-0.05, 0) is 25.3 Å². The zero-order valence-electron chi connectivity index (χ0n) is 11.6. The third-order valence-corrected chi connectivity index (χ3v) is 3.29. The lowest BCUT2D eigenvalue weighted by Crippen LogP contribution is -2.28. The molecule has 1 aliphatic rings. The third-order valence-electron chi connectivity index (χ3n) is 3.29. The van der Waals surface area contributed by atoms with E-state index in [4.69, 9.17) is 9.84 Å². The number of halogens is 1. The third kappa shape index (κ3) is 3.93. The maximum Gasteiger partial charge on any atom is 0.344 e. The van der Waals surface area contributed by atoms with Crippen molar-refractivity contribution < 1.29 is 19.0 Å². The van der Waals surface area contributed by atoms with Crippen LogP contribution < -0.4 is 10.1 Å². The summed E-state index contributed by atoms with van der Waals surface area (Å²) in [5.41, 5.74) is 0.666. The van der Waals surface area contributed by atoms with E-state index in [0.29, 0.717) is 31.0 Å². The van der Waals surface area contributed by atoms with E-state index in [-0.39, 0.29) is 5.75 Å². The maximum absolute atomic E-state index is 13.9. The van der Waals surface area contributed by atoms with Crippen LogP contribution in [-0.4, -0.2) is 23.2 Å². The van der Waals surface area contributed by atoms with Crippen molar-refractivity contribution in [3.8, 4) is 5.75 Å². The van der Waals surface area contributed by atoms with Gasteiger partial charge in [-0.3, -0.25) is 0 Å². The summed E-state index contributed by atoms with van der Waals surface area (Å²) < 4.78 is 19.3. The van der Waals surface area contributed by atoms with E-state index in [2.05, 4.69) is 5.32 Å². The molecule has 2 N–H and O–H groups in total.